The molecule has 7 nitrogen and oxygen atoms in total. The largest absolute Gasteiger partial charge is 0.490 e. The van der Waals surface area contributed by atoms with Crippen molar-refractivity contribution in [3.8, 4) is 29.9 Å². The summed E-state index contributed by atoms with van der Waals surface area (Å²) in [7, 11) is 1.26. The van der Waals surface area contributed by atoms with Crippen LogP contribution >= 0.6 is 0 Å². The average Bonchev–Trinajstić information content (AvgIpc) is 2.66. The number of carbonyl (C=O) groups excluding carboxylic acids is 1. The van der Waals surface area contributed by atoms with Crippen molar-refractivity contribution >= 4 is 5.97 Å². The molecule has 1 atom stereocenters. The summed E-state index contributed by atoms with van der Waals surface area (Å²) >= 11 is 0. The van der Waals surface area contributed by atoms with E-state index in [4.69, 9.17) is 31.1 Å². The van der Waals surface area contributed by atoms with Crippen molar-refractivity contribution in [3.05, 3.63) is 46.6 Å². The lowest BCUT2D eigenvalue weighted by Gasteiger charge is -2.27. The lowest BCUT2D eigenvalue weighted by Crippen LogP contribution is -2.25. The first-order chi connectivity index (χ1) is 13.0. The van der Waals surface area contributed by atoms with Crippen molar-refractivity contribution in [2.45, 2.75) is 19.8 Å². The van der Waals surface area contributed by atoms with Gasteiger partial charge in [0.2, 0.25) is 5.88 Å². The van der Waals surface area contributed by atoms with Crippen molar-refractivity contribution in [3.63, 3.8) is 0 Å². The van der Waals surface area contributed by atoms with Crippen LogP contribution in [-0.4, -0.2) is 26.3 Å². The summed E-state index contributed by atoms with van der Waals surface area (Å²) in [5, 5.41) is 9.57. The zero-order valence-corrected chi connectivity index (χ0v) is 15.4. The predicted octanol–water partition coefficient (Wildman–Crippen LogP) is 2.35. The molecular formula is C20H20N2O5. The molecule has 1 aliphatic heterocycles. The van der Waals surface area contributed by atoms with Crippen LogP contribution in [0.5, 0.6) is 11.5 Å². The number of esters is 1. The van der Waals surface area contributed by atoms with Gasteiger partial charge in [0.1, 0.15) is 24.0 Å². The summed E-state index contributed by atoms with van der Waals surface area (Å²) in [4.78, 5) is 12.3. The number of carbonyl (C=O) groups is 1. The third-order valence-corrected chi connectivity index (χ3v) is 3.92. The molecule has 1 unspecified atom stereocenters. The minimum Gasteiger partial charge on any atom is -0.490 e. The number of terminal acetylenes is 1. The highest BCUT2D eigenvalue weighted by molar-refractivity contribution is 5.92. The molecule has 1 aromatic carbocycles. The van der Waals surface area contributed by atoms with Crippen molar-refractivity contribution in [1.29, 1.82) is 5.26 Å². The molecule has 1 heterocycles. The molecule has 0 aliphatic carbocycles. The maximum atomic E-state index is 12.3. The summed E-state index contributed by atoms with van der Waals surface area (Å²) in [5.74, 6) is 2.14. The van der Waals surface area contributed by atoms with Crippen LogP contribution < -0.4 is 15.2 Å². The van der Waals surface area contributed by atoms with E-state index in [1.807, 2.05) is 13.0 Å². The maximum absolute atomic E-state index is 12.3. The van der Waals surface area contributed by atoms with Gasteiger partial charge in [0.15, 0.2) is 11.5 Å². The van der Waals surface area contributed by atoms with Gasteiger partial charge in [0.05, 0.1) is 25.2 Å². The fourth-order valence-electron chi connectivity index (χ4n) is 2.80. The van der Waals surface area contributed by atoms with Crippen LogP contribution in [0.2, 0.25) is 0 Å². The van der Waals surface area contributed by atoms with Gasteiger partial charge in [-0.3, -0.25) is 0 Å². The fourth-order valence-corrected chi connectivity index (χ4v) is 2.80. The van der Waals surface area contributed by atoms with E-state index in [0.29, 0.717) is 23.7 Å². The lowest BCUT2D eigenvalue weighted by molar-refractivity contribution is -0.136. The SMILES string of the molecule is C#CCOc1ccc(C2C(C#N)=C(N)OC(C)=C2C(=O)OC)cc1OCC. The Morgan fingerprint density at radius 2 is 2.11 bits per heavy atom. The van der Waals surface area contributed by atoms with Gasteiger partial charge in [-0.05, 0) is 31.5 Å². The Morgan fingerprint density at radius 1 is 1.37 bits per heavy atom. The Balaban J connectivity index is 2.61. The number of hydrogen-bond donors (Lipinski definition) is 1. The third-order valence-electron chi connectivity index (χ3n) is 3.92. The molecule has 0 bridgehead atoms. The van der Waals surface area contributed by atoms with E-state index in [-0.39, 0.29) is 29.4 Å². The van der Waals surface area contributed by atoms with Crippen LogP contribution in [0.1, 0.15) is 25.3 Å². The average molecular weight is 368 g/mol. The first-order valence-corrected chi connectivity index (χ1v) is 8.18. The normalized spacial score (nSPS) is 16.1. The van der Waals surface area contributed by atoms with Crippen LogP contribution in [0.4, 0.5) is 0 Å². The van der Waals surface area contributed by atoms with Crippen LogP contribution in [0.25, 0.3) is 0 Å². The molecule has 2 rings (SSSR count). The Hall–Kier alpha value is -3.58. The van der Waals surface area contributed by atoms with Crippen LogP contribution in [0.15, 0.2) is 41.0 Å². The van der Waals surface area contributed by atoms with E-state index in [1.165, 1.54) is 7.11 Å². The van der Waals surface area contributed by atoms with Crippen LogP contribution in [-0.2, 0) is 14.3 Å². The highest BCUT2D eigenvalue weighted by atomic mass is 16.5. The van der Waals surface area contributed by atoms with Gasteiger partial charge < -0.3 is 24.7 Å². The van der Waals surface area contributed by atoms with E-state index < -0.39 is 11.9 Å². The van der Waals surface area contributed by atoms with E-state index in [9.17, 15) is 10.1 Å². The van der Waals surface area contributed by atoms with Gasteiger partial charge in [-0.15, -0.1) is 6.42 Å². The quantitative estimate of drug-likeness (QED) is 0.607. The monoisotopic (exact) mass is 368 g/mol. The minimum atomic E-state index is -0.753. The Morgan fingerprint density at radius 3 is 2.70 bits per heavy atom. The van der Waals surface area contributed by atoms with Crippen molar-refractivity contribution in [2.24, 2.45) is 5.73 Å². The molecule has 1 aliphatic rings. The number of benzene rings is 1. The molecule has 0 saturated carbocycles. The molecule has 0 aromatic heterocycles. The second-order valence-corrected chi connectivity index (χ2v) is 5.52. The van der Waals surface area contributed by atoms with Crippen LogP contribution in [0, 0.1) is 23.7 Å². The number of ether oxygens (including phenoxy) is 4. The number of allylic oxidation sites excluding steroid dienone is 2. The van der Waals surface area contributed by atoms with Crippen molar-refractivity contribution < 1.29 is 23.7 Å². The van der Waals surface area contributed by atoms with Gasteiger partial charge in [0, 0.05) is 0 Å². The minimum absolute atomic E-state index is 0.0572. The topological polar surface area (TPSA) is 104 Å². The molecule has 7 heteroatoms. The fraction of sp³-hybridized carbons (Fsp3) is 0.300. The van der Waals surface area contributed by atoms with E-state index in [2.05, 4.69) is 5.92 Å². The molecule has 0 spiro atoms. The number of hydrogen-bond acceptors (Lipinski definition) is 7. The molecular weight excluding hydrogens is 348 g/mol. The first kappa shape index (κ1) is 19.7. The van der Waals surface area contributed by atoms with Gasteiger partial charge >= 0.3 is 5.97 Å². The van der Waals surface area contributed by atoms with Crippen molar-refractivity contribution in [1.82, 2.24) is 0 Å². The Kier molecular flexibility index (Phi) is 6.35. The molecule has 140 valence electrons. The number of nitrogens with two attached hydrogens (primary N) is 1. The zero-order valence-electron chi connectivity index (χ0n) is 15.4. The summed E-state index contributed by atoms with van der Waals surface area (Å²) in [6.07, 6.45) is 5.24. The number of methoxy groups -OCH3 is 1. The number of rotatable bonds is 6. The molecule has 1 aromatic rings. The summed E-state index contributed by atoms with van der Waals surface area (Å²) in [6, 6.07) is 7.09. The molecule has 27 heavy (non-hydrogen) atoms. The first-order valence-electron chi connectivity index (χ1n) is 8.18. The summed E-state index contributed by atoms with van der Waals surface area (Å²) in [6.45, 7) is 3.90. The summed E-state index contributed by atoms with van der Waals surface area (Å²) in [5.41, 5.74) is 6.79. The van der Waals surface area contributed by atoms with Crippen LogP contribution in [0.3, 0.4) is 0 Å². The molecule has 0 radical (unpaired) electrons. The number of nitriles is 1. The molecule has 0 amide bonds. The summed E-state index contributed by atoms with van der Waals surface area (Å²) < 4.78 is 21.3. The molecule has 0 saturated heterocycles. The Bertz CT molecular complexity index is 887. The van der Waals surface area contributed by atoms with Gasteiger partial charge in [-0.25, -0.2) is 4.79 Å². The highest BCUT2D eigenvalue weighted by Gasteiger charge is 2.36. The van der Waals surface area contributed by atoms with E-state index >= 15 is 0 Å². The van der Waals surface area contributed by atoms with Gasteiger partial charge in [-0.2, -0.15) is 5.26 Å². The predicted molar refractivity (Wildman–Crippen MR) is 97.3 cm³/mol. The highest BCUT2D eigenvalue weighted by Crippen LogP contribution is 2.42. The van der Waals surface area contributed by atoms with E-state index in [1.54, 1.807) is 25.1 Å². The Labute approximate surface area is 158 Å². The smallest absolute Gasteiger partial charge is 0.338 e. The van der Waals surface area contributed by atoms with Gasteiger partial charge in [0.25, 0.3) is 0 Å². The lowest BCUT2D eigenvalue weighted by atomic mass is 9.83. The van der Waals surface area contributed by atoms with E-state index in [0.717, 1.165) is 0 Å². The number of nitrogens with zero attached hydrogens (tertiary/aromatic N) is 1. The standard InChI is InChI=1S/C20H20N2O5/c1-5-9-26-15-8-7-13(10-16(15)25-6-2)18-14(11-21)19(22)27-12(3)17(18)20(23)24-4/h1,7-8,10,18H,6,9,22H2,2-4H3. The van der Waals surface area contributed by atoms with Gasteiger partial charge in [-0.1, -0.05) is 12.0 Å². The zero-order chi connectivity index (χ0) is 20.0. The second kappa shape index (κ2) is 8.68. The third kappa shape index (κ3) is 3.99. The molecule has 0 fully saturated rings. The second-order valence-electron chi connectivity index (χ2n) is 5.52. The molecule has 2 N–H and O–H groups in total. The van der Waals surface area contributed by atoms with Crippen molar-refractivity contribution in [2.75, 3.05) is 20.3 Å². The maximum Gasteiger partial charge on any atom is 0.338 e.